The zero-order chi connectivity index (χ0) is 16.1. The fourth-order valence-corrected chi connectivity index (χ4v) is 4.44. The summed E-state index contributed by atoms with van der Waals surface area (Å²) < 4.78 is 0. The van der Waals surface area contributed by atoms with E-state index in [1.807, 2.05) is 16.2 Å². The molecule has 2 saturated heterocycles. The first-order valence-corrected chi connectivity index (χ1v) is 9.86. The number of hydrogen-bond donors (Lipinski definition) is 1. The lowest BCUT2D eigenvalue weighted by Crippen LogP contribution is -2.47. The van der Waals surface area contributed by atoms with E-state index in [0.717, 1.165) is 45.7 Å². The van der Waals surface area contributed by atoms with Crippen molar-refractivity contribution in [3.63, 3.8) is 0 Å². The summed E-state index contributed by atoms with van der Waals surface area (Å²) in [5.41, 5.74) is 0. The largest absolute Gasteiger partial charge is 0.338 e. The molecule has 23 heavy (non-hydrogen) atoms. The van der Waals surface area contributed by atoms with Crippen LogP contribution in [0.2, 0.25) is 0 Å². The maximum atomic E-state index is 12.3. The summed E-state index contributed by atoms with van der Waals surface area (Å²) >= 11 is 1.84. The van der Waals surface area contributed by atoms with Crippen molar-refractivity contribution in [2.75, 3.05) is 32.7 Å². The summed E-state index contributed by atoms with van der Waals surface area (Å²) in [6.07, 6.45) is 4.80. The van der Waals surface area contributed by atoms with Crippen LogP contribution in [0.3, 0.4) is 0 Å². The van der Waals surface area contributed by atoms with Crippen LogP contribution in [0.5, 0.6) is 0 Å². The third-order valence-electron chi connectivity index (χ3n) is 5.15. The van der Waals surface area contributed by atoms with Crippen molar-refractivity contribution < 1.29 is 4.79 Å². The van der Waals surface area contributed by atoms with Crippen LogP contribution in [-0.2, 0) is 6.54 Å². The average molecular weight is 336 g/mol. The Morgan fingerprint density at radius 2 is 2.13 bits per heavy atom. The van der Waals surface area contributed by atoms with Gasteiger partial charge in [-0.15, -0.1) is 11.3 Å². The third kappa shape index (κ3) is 4.95. The van der Waals surface area contributed by atoms with Crippen molar-refractivity contribution in [2.45, 2.75) is 39.2 Å². The Labute approximate surface area is 143 Å². The van der Waals surface area contributed by atoms with Gasteiger partial charge in [0.25, 0.3) is 0 Å². The number of carbonyl (C=O) groups is 1. The second kappa shape index (κ2) is 8.15. The molecule has 0 aliphatic carbocycles. The van der Waals surface area contributed by atoms with Gasteiger partial charge in [-0.2, -0.15) is 0 Å². The molecule has 2 aliphatic heterocycles. The van der Waals surface area contributed by atoms with Gasteiger partial charge in [0.2, 0.25) is 0 Å². The topological polar surface area (TPSA) is 35.6 Å². The lowest BCUT2D eigenvalue weighted by atomic mass is 9.96. The molecule has 0 bridgehead atoms. The molecular formula is C18H29N3OS. The van der Waals surface area contributed by atoms with Crippen molar-refractivity contribution >= 4 is 17.4 Å². The summed E-state index contributed by atoms with van der Waals surface area (Å²) in [6, 6.07) is 4.50. The number of rotatable bonds is 4. The molecule has 2 fully saturated rings. The van der Waals surface area contributed by atoms with Crippen LogP contribution >= 0.6 is 11.3 Å². The Balaban J connectivity index is 1.35. The average Bonchev–Trinajstić information content (AvgIpc) is 3.07. The summed E-state index contributed by atoms with van der Waals surface area (Å²) in [4.78, 5) is 18.3. The minimum atomic E-state index is 0.151. The number of thiophene rings is 1. The SMILES string of the molecule is CC1CCCN(C(=O)NCC2CCN(Cc3cccs3)CC2)C1. The molecule has 1 aromatic heterocycles. The molecule has 1 atom stereocenters. The molecule has 3 heterocycles. The standard InChI is InChI=1S/C18H29N3OS/c1-15-4-2-8-21(13-15)18(22)19-12-16-6-9-20(10-7-16)14-17-5-3-11-23-17/h3,5,11,15-16H,2,4,6-10,12-14H2,1H3,(H,19,22). The van der Waals surface area contributed by atoms with Crippen LogP contribution in [-0.4, -0.2) is 48.6 Å². The fraction of sp³-hybridized carbons (Fsp3) is 0.722. The Morgan fingerprint density at radius 1 is 1.30 bits per heavy atom. The van der Waals surface area contributed by atoms with E-state index in [1.54, 1.807) is 0 Å². The Bertz CT molecular complexity index is 482. The van der Waals surface area contributed by atoms with Gasteiger partial charge in [-0.25, -0.2) is 4.79 Å². The van der Waals surface area contributed by atoms with E-state index in [1.165, 1.54) is 24.1 Å². The first kappa shape index (κ1) is 16.8. The molecule has 0 aromatic carbocycles. The molecule has 1 N–H and O–H groups in total. The lowest BCUT2D eigenvalue weighted by molar-refractivity contribution is 0.157. The molecule has 1 aromatic rings. The number of piperidine rings is 2. The van der Waals surface area contributed by atoms with Crippen LogP contribution in [0.25, 0.3) is 0 Å². The maximum Gasteiger partial charge on any atom is 0.317 e. The molecule has 4 nitrogen and oxygen atoms in total. The van der Waals surface area contributed by atoms with Gasteiger partial charge in [0.15, 0.2) is 0 Å². The van der Waals surface area contributed by atoms with Gasteiger partial charge < -0.3 is 10.2 Å². The van der Waals surface area contributed by atoms with Crippen molar-refractivity contribution in [3.8, 4) is 0 Å². The van der Waals surface area contributed by atoms with Crippen LogP contribution in [0.1, 0.15) is 37.5 Å². The quantitative estimate of drug-likeness (QED) is 0.915. The second-order valence-electron chi connectivity index (χ2n) is 7.18. The molecule has 2 amide bonds. The smallest absolute Gasteiger partial charge is 0.317 e. The molecule has 5 heteroatoms. The Morgan fingerprint density at radius 3 is 2.83 bits per heavy atom. The number of amides is 2. The molecule has 0 saturated carbocycles. The van der Waals surface area contributed by atoms with Gasteiger partial charge in [0.1, 0.15) is 0 Å². The molecule has 1 unspecified atom stereocenters. The van der Waals surface area contributed by atoms with Crippen molar-refractivity contribution in [1.29, 1.82) is 0 Å². The molecule has 128 valence electrons. The highest BCUT2D eigenvalue weighted by Crippen LogP contribution is 2.20. The summed E-state index contributed by atoms with van der Waals surface area (Å²) in [5, 5.41) is 5.33. The normalized spacial score (nSPS) is 23.9. The lowest BCUT2D eigenvalue weighted by Gasteiger charge is -2.34. The predicted molar refractivity (Wildman–Crippen MR) is 95.7 cm³/mol. The van der Waals surface area contributed by atoms with Gasteiger partial charge in [0.05, 0.1) is 0 Å². The van der Waals surface area contributed by atoms with Crippen LogP contribution in [0, 0.1) is 11.8 Å². The van der Waals surface area contributed by atoms with E-state index < -0.39 is 0 Å². The van der Waals surface area contributed by atoms with Gasteiger partial charge in [-0.1, -0.05) is 13.0 Å². The van der Waals surface area contributed by atoms with E-state index in [9.17, 15) is 4.79 Å². The van der Waals surface area contributed by atoms with E-state index in [4.69, 9.17) is 0 Å². The molecule has 3 rings (SSSR count). The van der Waals surface area contributed by atoms with Gasteiger partial charge in [-0.3, -0.25) is 4.90 Å². The van der Waals surface area contributed by atoms with E-state index >= 15 is 0 Å². The van der Waals surface area contributed by atoms with E-state index in [0.29, 0.717) is 11.8 Å². The highest BCUT2D eigenvalue weighted by molar-refractivity contribution is 7.09. The Hall–Kier alpha value is -1.07. The van der Waals surface area contributed by atoms with Crippen LogP contribution < -0.4 is 5.32 Å². The molecular weight excluding hydrogens is 306 g/mol. The first-order valence-electron chi connectivity index (χ1n) is 8.98. The van der Waals surface area contributed by atoms with Crippen molar-refractivity contribution in [3.05, 3.63) is 22.4 Å². The van der Waals surface area contributed by atoms with Crippen LogP contribution in [0.15, 0.2) is 17.5 Å². The minimum absolute atomic E-state index is 0.151. The summed E-state index contributed by atoms with van der Waals surface area (Å²) in [6.45, 7) is 8.32. The Kier molecular flexibility index (Phi) is 5.95. The molecule has 0 radical (unpaired) electrons. The van der Waals surface area contributed by atoms with E-state index in [2.05, 4.69) is 34.7 Å². The number of likely N-dealkylation sites (tertiary alicyclic amines) is 2. The van der Waals surface area contributed by atoms with Gasteiger partial charge in [-0.05, 0) is 62.1 Å². The van der Waals surface area contributed by atoms with Crippen molar-refractivity contribution in [1.82, 2.24) is 15.1 Å². The van der Waals surface area contributed by atoms with Gasteiger partial charge >= 0.3 is 6.03 Å². The number of nitrogens with zero attached hydrogens (tertiary/aromatic N) is 2. The highest BCUT2D eigenvalue weighted by Gasteiger charge is 2.23. The molecule has 0 spiro atoms. The summed E-state index contributed by atoms with van der Waals surface area (Å²) in [7, 11) is 0. The third-order valence-corrected chi connectivity index (χ3v) is 6.01. The summed E-state index contributed by atoms with van der Waals surface area (Å²) in [5.74, 6) is 1.29. The monoisotopic (exact) mass is 335 g/mol. The molecule has 2 aliphatic rings. The van der Waals surface area contributed by atoms with Crippen LogP contribution in [0.4, 0.5) is 4.79 Å². The second-order valence-corrected chi connectivity index (χ2v) is 8.21. The highest BCUT2D eigenvalue weighted by atomic mass is 32.1. The number of carbonyl (C=O) groups excluding carboxylic acids is 1. The fourth-order valence-electron chi connectivity index (χ4n) is 3.69. The first-order chi connectivity index (χ1) is 11.2. The zero-order valence-electron chi connectivity index (χ0n) is 14.2. The van der Waals surface area contributed by atoms with Gasteiger partial charge in [0, 0.05) is 31.1 Å². The number of hydrogen-bond acceptors (Lipinski definition) is 3. The maximum absolute atomic E-state index is 12.3. The predicted octanol–water partition coefficient (Wildman–Crippen LogP) is 3.40. The number of urea groups is 1. The zero-order valence-corrected chi connectivity index (χ0v) is 15.0. The van der Waals surface area contributed by atoms with Crippen molar-refractivity contribution in [2.24, 2.45) is 11.8 Å². The van der Waals surface area contributed by atoms with E-state index in [-0.39, 0.29) is 6.03 Å². The minimum Gasteiger partial charge on any atom is -0.338 e. The number of nitrogens with one attached hydrogen (secondary N) is 1.